The van der Waals surface area contributed by atoms with Crippen molar-refractivity contribution in [2.45, 2.75) is 32.6 Å². The van der Waals surface area contributed by atoms with Crippen LogP contribution in [0.4, 0.5) is 0 Å². The molecule has 1 aromatic rings. The molecule has 0 radical (unpaired) electrons. The number of carbonyl (C=O) groups excluding carboxylic acids is 1. The van der Waals surface area contributed by atoms with Crippen molar-refractivity contribution in [1.29, 1.82) is 0 Å². The van der Waals surface area contributed by atoms with Crippen LogP contribution in [0, 0.1) is 11.8 Å². The Kier molecular flexibility index (Phi) is 3.51. The van der Waals surface area contributed by atoms with Gasteiger partial charge >= 0.3 is 0 Å². The molecule has 0 saturated heterocycles. The minimum absolute atomic E-state index is 0.0742. The molecule has 1 saturated carbocycles. The largest absolute Gasteiger partial charge is 0.497 e. The monoisotopic (exact) mass is 232 g/mol. The van der Waals surface area contributed by atoms with E-state index in [1.165, 1.54) is 0 Å². The van der Waals surface area contributed by atoms with Crippen molar-refractivity contribution in [3.63, 3.8) is 0 Å². The van der Waals surface area contributed by atoms with E-state index in [-0.39, 0.29) is 5.92 Å². The van der Waals surface area contributed by atoms with Gasteiger partial charge < -0.3 is 4.74 Å². The minimum Gasteiger partial charge on any atom is -0.497 e. The summed E-state index contributed by atoms with van der Waals surface area (Å²) < 4.78 is 5.23. The summed E-state index contributed by atoms with van der Waals surface area (Å²) in [5.41, 5.74) is 1.12. The fraction of sp³-hybridized carbons (Fsp3) is 0.533. The van der Waals surface area contributed by atoms with Crippen LogP contribution in [0.25, 0.3) is 0 Å². The lowest BCUT2D eigenvalue weighted by Gasteiger charge is -2.22. The standard InChI is InChI=1S/C15H20O2/c1-10(2)13-7-8-14(16)15(13)11-5-4-6-12(9-11)17-3/h4-6,9-10,13,15H,7-8H2,1-3H3/t13-,15-/m1/s1. The van der Waals surface area contributed by atoms with Crippen molar-refractivity contribution < 1.29 is 9.53 Å². The second-order valence-electron chi connectivity index (χ2n) is 5.17. The number of Topliss-reactive ketones (excluding diaryl/α,β-unsaturated/α-hetero) is 1. The molecule has 0 aliphatic heterocycles. The molecular formula is C15H20O2. The zero-order valence-electron chi connectivity index (χ0n) is 10.8. The molecular weight excluding hydrogens is 212 g/mol. The van der Waals surface area contributed by atoms with Gasteiger partial charge in [0.2, 0.25) is 0 Å². The number of hydrogen-bond acceptors (Lipinski definition) is 2. The molecule has 1 aliphatic carbocycles. The molecule has 0 amide bonds. The number of rotatable bonds is 3. The van der Waals surface area contributed by atoms with Gasteiger partial charge in [0, 0.05) is 12.3 Å². The van der Waals surface area contributed by atoms with E-state index in [1.54, 1.807) is 7.11 Å². The van der Waals surface area contributed by atoms with Crippen molar-refractivity contribution in [2.75, 3.05) is 7.11 Å². The maximum atomic E-state index is 12.0. The Balaban J connectivity index is 2.32. The molecule has 2 atom stereocenters. The molecule has 0 heterocycles. The van der Waals surface area contributed by atoms with Gasteiger partial charge in [-0.15, -0.1) is 0 Å². The second kappa shape index (κ2) is 4.91. The summed E-state index contributed by atoms with van der Waals surface area (Å²) >= 11 is 0. The lowest BCUT2D eigenvalue weighted by atomic mass is 9.81. The molecule has 1 fully saturated rings. The molecule has 1 aromatic carbocycles. The lowest BCUT2D eigenvalue weighted by Crippen LogP contribution is -2.17. The normalized spacial score (nSPS) is 24.4. The maximum absolute atomic E-state index is 12.0. The fourth-order valence-electron chi connectivity index (χ4n) is 2.86. The zero-order chi connectivity index (χ0) is 12.4. The third kappa shape index (κ3) is 2.36. The van der Waals surface area contributed by atoms with Crippen LogP contribution in [0.5, 0.6) is 5.75 Å². The first-order valence-corrected chi connectivity index (χ1v) is 6.30. The molecule has 1 aliphatic rings. The van der Waals surface area contributed by atoms with Gasteiger partial charge in [0.15, 0.2) is 0 Å². The van der Waals surface area contributed by atoms with Crippen LogP contribution in [-0.2, 0) is 4.79 Å². The highest BCUT2D eigenvalue weighted by Crippen LogP contribution is 2.41. The Labute approximate surface area is 103 Å². The van der Waals surface area contributed by atoms with Gasteiger partial charge in [0.1, 0.15) is 11.5 Å². The van der Waals surface area contributed by atoms with Gasteiger partial charge in [-0.3, -0.25) is 4.79 Å². The smallest absolute Gasteiger partial charge is 0.140 e. The third-order valence-corrected chi connectivity index (χ3v) is 3.81. The van der Waals surface area contributed by atoms with Crippen LogP contribution in [0.15, 0.2) is 24.3 Å². The van der Waals surface area contributed by atoms with Crippen molar-refractivity contribution in [3.05, 3.63) is 29.8 Å². The van der Waals surface area contributed by atoms with Crippen molar-refractivity contribution in [3.8, 4) is 5.75 Å². The summed E-state index contributed by atoms with van der Waals surface area (Å²) in [7, 11) is 1.66. The lowest BCUT2D eigenvalue weighted by molar-refractivity contribution is -0.119. The SMILES string of the molecule is COc1cccc([C@H]2C(=O)CC[C@@H]2C(C)C)c1. The molecule has 0 unspecified atom stereocenters. The predicted octanol–water partition coefficient (Wildman–Crippen LogP) is 3.41. The predicted molar refractivity (Wildman–Crippen MR) is 68.3 cm³/mol. The van der Waals surface area contributed by atoms with E-state index in [0.29, 0.717) is 17.6 Å². The summed E-state index contributed by atoms with van der Waals surface area (Å²) in [5, 5.41) is 0. The minimum atomic E-state index is 0.0742. The Bertz CT molecular complexity index is 409. The van der Waals surface area contributed by atoms with Gasteiger partial charge in [-0.1, -0.05) is 26.0 Å². The zero-order valence-corrected chi connectivity index (χ0v) is 10.8. The summed E-state index contributed by atoms with van der Waals surface area (Å²) in [5.74, 6) is 2.33. The van der Waals surface area contributed by atoms with E-state index in [2.05, 4.69) is 13.8 Å². The third-order valence-electron chi connectivity index (χ3n) is 3.81. The number of hydrogen-bond donors (Lipinski definition) is 0. The average molecular weight is 232 g/mol. The van der Waals surface area contributed by atoms with E-state index in [1.807, 2.05) is 24.3 Å². The molecule has 2 rings (SSSR count). The van der Waals surface area contributed by atoms with Gasteiger partial charge in [0.25, 0.3) is 0 Å². The van der Waals surface area contributed by atoms with Crippen LogP contribution < -0.4 is 4.74 Å². The van der Waals surface area contributed by atoms with Gasteiger partial charge in [-0.2, -0.15) is 0 Å². The maximum Gasteiger partial charge on any atom is 0.140 e. The second-order valence-corrected chi connectivity index (χ2v) is 5.17. The van der Waals surface area contributed by atoms with Crippen LogP contribution in [-0.4, -0.2) is 12.9 Å². The quantitative estimate of drug-likeness (QED) is 0.798. The Morgan fingerprint density at radius 2 is 2.12 bits per heavy atom. The van der Waals surface area contributed by atoms with Crippen molar-refractivity contribution >= 4 is 5.78 Å². The molecule has 0 aromatic heterocycles. The molecule has 0 bridgehead atoms. The Morgan fingerprint density at radius 1 is 1.35 bits per heavy atom. The van der Waals surface area contributed by atoms with E-state index in [4.69, 9.17) is 4.74 Å². The molecule has 0 N–H and O–H groups in total. The van der Waals surface area contributed by atoms with E-state index in [0.717, 1.165) is 24.2 Å². The van der Waals surface area contributed by atoms with Crippen LogP contribution in [0.1, 0.15) is 38.2 Å². The number of ketones is 1. The summed E-state index contributed by atoms with van der Waals surface area (Å²) in [4.78, 5) is 12.0. The molecule has 2 heteroatoms. The molecule has 92 valence electrons. The summed E-state index contributed by atoms with van der Waals surface area (Å²) in [6.07, 6.45) is 1.75. The van der Waals surface area contributed by atoms with E-state index < -0.39 is 0 Å². The Hall–Kier alpha value is -1.31. The fourth-order valence-corrected chi connectivity index (χ4v) is 2.86. The average Bonchev–Trinajstić information content (AvgIpc) is 2.71. The van der Waals surface area contributed by atoms with E-state index >= 15 is 0 Å². The first-order valence-electron chi connectivity index (χ1n) is 6.30. The van der Waals surface area contributed by atoms with Crippen molar-refractivity contribution in [1.82, 2.24) is 0 Å². The highest BCUT2D eigenvalue weighted by Gasteiger charge is 2.37. The van der Waals surface area contributed by atoms with Crippen LogP contribution in [0.2, 0.25) is 0 Å². The highest BCUT2D eigenvalue weighted by molar-refractivity contribution is 5.88. The topological polar surface area (TPSA) is 26.3 Å². The number of ether oxygens (including phenoxy) is 1. The van der Waals surface area contributed by atoms with Crippen molar-refractivity contribution in [2.24, 2.45) is 11.8 Å². The first-order chi connectivity index (χ1) is 8.13. The van der Waals surface area contributed by atoms with Crippen LogP contribution >= 0.6 is 0 Å². The summed E-state index contributed by atoms with van der Waals surface area (Å²) in [6, 6.07) is 7.94. The molecule has 17 heavy (non-hydrogen) atoms. The molecule has 0 spiro atoms. The number of methoxy groups -OCH3 is 1. The van der Waals surface area contributed by atoms with Gasteiger partial charge in [-0.25, -0.2) is 0 Å². The Morgan fingerprint density at radius 3 is 2.76 bits per heavy atom. The first kappa shape index (κ1) is 12.2. The number of carbonyl (C=O) groups is 1. The summed E-state index contributed by atoms with van der Waals surface area (Å²) in [6.45, 7) is 4.41. The highest BCUT2D eigenvalue weighted by atomic mass is 16.5. The van der Waals surface area contributed by atoms with Gasteiger partial charge in [-0.05, 0) is 36.0 Å². The molecule has 2 nitrogen and oxygen atoms in total. The van der Waals surface area contributed by atoms with E-state index in [9.17, 15) is 4.79 Å². The van der Waals surface area contributed by atoms with Crippen LogP contribution in [0.3, 0.4) is 0 Å². The van der Waals surface area contributed by atoms with Gasteiger partial charge in [0.05, 0.1) is 7.11 Å². The number of benzene rings is 1.